The van der Waals surface area contributed by atoms with E-state index in [1.54, 1.807) is 35.6 Å². The Hall–Kier alpha value is -1.85. The molecule has 6 heteroatoms. The molecule has 0 aliphatic carbocycles. The zero-order valence-corrected chi connectivity index (χ0v) is 12.8. The third-order valence-corrected chi connectivity index (χ3v) is 3.88. The van der Waals surface area contributed by atoms with Crippen LogP contribution in [0.4, 0.5) is 5.69 Å². The average molecular weight is 323 g/mol. The number of amides is 2. The summed E-state index contributed by atoms with van der Waals surface area (Å²) in [6.45, 7) is 0.509. The van der Waals surface area contributed by atoms with Crippen molar-refractivity contribution in [2.45, 2.75) is 19.4 Å². The van der Waals surface area contributed by atoms with Gasteiger partial charge in [-0.25, -0.2) is 0 Å². The van der Waals surface area contributed by atoms with Crippen LogP contribution >= 0.6 is 22.9 Å². The lowest BCUT2D eigenvalue weighted by atomic mass is 10.2. The summed E-state index contributed by atoms with van der Waals surface area (Å²) in [7, 11) is 0. The Labute approximate surface area is 132 Å². The van der Waals surface area contributed by atoms with Crippen molar-refractivity contribution in [2.75, 3.05) is 5.32 Å². The number of thiophene rings is 1. The minimum atomic E-state index is -0.191. The fourth-order valence-corrected chi connectivity index (χ4v) is 2.44. The van der Waals surface area contributed by atoms with E-state index in [1.165, 1.54) is 0 Å². The van der Waals surface area contributed by atoms with E-state index in [2.05, 4.69) is 10.6 Å². The molecule has 21 heavy (non-hydrogen) atoms. The zero-order chi connectivity index (χ0) is 15.1. The molecule has 110 valence electrons. The van der Waals surface area contributed by atoms with Gasteiger partial charge in [0.05, 0.1) is 6.54 Å². The van der Waals surface area contributed by atoms with Gasteiger partial charge in [0, 0.05) is 28.4 Å². The molecule has 2 aromatic rings. The molecule has 2 amide bonds. The van der Waals surface area contributed by atoms with Gasteiger partial charge in [0.1, 0.15) is 0 Å². The number of rotatable bonds is 6. The summed E-state index contributed by atoms with van der Waals surface area (Å²) in [5.41, 5.74) is 0.670. The number of anilines is 1. The summed E-state index contributed by atoms with van der Waals surface area (Å²) < 4.78 is 0. The lowest BCUT2D eigenvalue weighted by molar-refractivity contribution is -0.124. The van der Waals surface area contributed by atoms with Gasteiger partial charge in [0.15, 0.2) is 0 Å². The van der Waals surface area contributed by atoms with E-state index in [0.717, 1.165) is 4.88 Å². The van der Waals surface area contributed by atoms with Crippen LogP contribution in [0.2, 0.25) is 5.02 Å². The molecule has 0 aliphatic rings. The smallest absolute Gasteiger partial charge is 0.224 e. The topological polar surface area (TPSA) is 58.2 Å². The fourth-order valence-electron chi connectivity index (χ4n) is 1.67. The molecular formula is C15H15ClN2O2S. The normalized spacial score (nSPS) is 10.1. The van der Waals surface area contributed by atoms with Gasteiger partial charge in [-0.2, -0.15) is 0 Å². The summed E-state index contributed by atoms with van der Waals surface area (Å²) in [6, 6.07) is 10.7. The van der Waals surface area contributed by atoms with Crippen molar-refractivity contribution < 1.29 is 9.59 Å². The van der Waals surface area contributed by atoms with Crippen LogP contribution in [0.5, 0.6) is 0 Å². The predicted molar refractivity (Wildman–Crippen MR) is 85.5 cm³/mol. The van der Waals surface area contributed by atoms with Crippen LogP contribution in [0.25, 0.3) is 0 Å². The molecule has 1 heterocycles. The molecule has 1 aromatic heterocycles. The average Bonchev–Trinajstić information content (AvgIpc) is 2.99. The Kier molecular flexibility index (Phi) is 5.78. The SMILES string of the molecule is O=C(CCC(=O)Nc1ccc(Cl)cc1)NCc1cccs1. The van der Waals surface area contributed by atoms with Crippen LogP contribution in [0.1, 0.15) is 17.7 Å². The van der Waals surface area contributed by atoms with Gasteiger partial charge in [-0.3, -0.25) is 9.59 Å². The summed E-state index contributed by atoms with van der Waals surface area (Å²) >= 11 is 7.35. The van der Waals surface area contributed by atoms with Gasteiger partial charge < -0.3 is 10.6 Å². The Morgan fingerprint density at radius 1 is 1.05 bits per heavy atom. The minimum Gasteiger partial charge on any atom is -0.351 e. The minimum absolute atomic E-state index is 0.130. The maximum atomic E-state index is 11.7. The molecule has 2 rings (SSSR count). The summed E-state index contributed by atoms with van der Waals surface area (Å²) in [5.74, 6) is -0.321. The summed E-state index contributed by atoms with van der Waals surface area (Å²) in [4.78, 5) is 24.4. The number of benzene rings is 1. The molecule has 4 nitrogen and oxygen atoms in total. The quantitative estimate of drug-likeness (QED) is 0.856. The summed E-state index contributed by atoms with van der Waals surface area (Å²) in [6.07, 6.45) is 0.323. The number of hydrogen-bond donors (Lipinski definition) is 2. The second kappa shape index (κ2) is 7.81. The van der Waals surface area contributed by atoms with Gasteiger partial charge >= 0.3 is 0 Å². The highest BCUT2D eigenvalue weighted by atomic mass is 35.5. The van der Waals surface area contributed by atoms with Crippen LogP contribution in [0.15, 0.2) is 41.8 Å². The zero-order valence-electron chi connectivity index (χ0n) is 11.3. The molecule has 0 unspecified atom stereocenters. The Balaban J connectivity index is 1.68. The number of halogens is 1. The van der Waals surface area contributed by atoms with Gasteiger partial charge in [-0.05, 0) is 35.7 Å². The van der Waals surface area contributed by atoms with E-state index in [9.17, 15) is 9.59 Å². The first-order chi connectivity index (χ1) is 10.1. The first kappa shape index (κ1) is 15.5. The van der Waals surface area contributed by atoms with E-state index < -0.39 is 0 Å². The van der Waals surface area contributed by atoms with Crippen molar-refractivity contribution in [3.05, 3.63) is 51.7 Å². The van der Waals surface area contributed by atoms with Gasteiger partial charge in [-0.15, -0.1) is 11.3 Å². The van der Waals surface area contributed by atoms with Crippen molar-refractivity contribution >= 4 is 40.4 Å². The van der Waals surface area contributed by atoms with E-state index >= 15 is 0 Å². The second-order valence-electron chi connectivity index (χ2n) is 4.41. The standard InChI is InChI=1S/C15H15ClN2O2S/c16-11-3-5-12(6-4-11)18-15(20)8-7-14(19)17-10-13-2-1-9-21-13/h1-6,9H,7-8,10H2,(H,17,19)(H,18,20). The third-order valence-electron chi connectivity index (χ3n) is 2.75. The largest absolute Gasteiger partial charge is 0.351 e. The maximum Gasteiger partial charge on any atom is 0.224 e. The number of carbonyl (C=O) groups excluding carboxylic acids is 2. The monoisotopic (exact) mass is 322 g/mol. The molecule has 0 radical (unpaired) electrons. The van der Waals surface area contributed by atoms with Crippen LogP contribution in [0.3, 0.4) is 0 Å². The molecule has 0 atom stereocenters. The molecule has 0 spiro atoms. The highest BCUT2D eigenvalue weighted by Crippen LogP contribution is 2.13. The summed E-state index contributed by atoms with van der Waals surface area (Å²) in [5, 5.41) is 8.08. The van der Waals surface area contributed by atoms with Crippen LogP contribution in [-0.2, 0) is 16.1 Å². The second-order valence-corrected chi connectivity index (χ2v) is 5.88. The Morgan fingerprint density at radius 3 is 2.43 bits per heavy atom. The first-order valence-corrected chi connectivity index (χ1v) is 7.74. The lowest BCUT2D eigenvalue weighted by Crippen LogP contribution is -2.24. The van der Waals surface area contributed by atoms with Gasteiger partial charge in [0.25, 0.3) is 0 Å². The number of carbonyl (C=O) groups is 2. The molecule has 0 aliphatic heterocycles. The fraction of sp³-hybridized carbons (Fsp3) is 0.200. The van der Waals surface area contributed by atoms with Crippen molar-refractivity contribution in [3.63, 3.8) is 0 Å². The Bertz CT molecular complexity index is 597. The van der Waals surface area contributed by atoms with Crippen molar-refractivity contribution in [1.29, 1.82) is 0 Å². The highest BCUT2D eigenvalue weighted by molar-refractivity contribution is 7.09. The molecule has 0 saturated heterocycles. The number of hydrogen-bond acceptors (Lipinski definition) is 3. The number of nitrogens with one attached hydrogen (secondary N) is 2. The third kappa shape index (κ3) is 5.57. The van der Waals surface area contributed by atoms with Crippen LogP contribution in [0, 0.1) is 0 Å². The lowest BCUT2D eigenvalue weighted by Gasteiger charge is -2.06. The van der Waals surface area contributed by atoms with Crippen LogP contribution < -0.4 is 10.6 Å². The molecule has 0 bridgehead atoms. The van der Waals surface area contributed by atoms with E-state index in [-0.39, 0.29) is 24.7 Å². The predicted octanol–water partition coefficient (Wildman–Crippen LogP) is 3.44. The molecular weight excluding hydrogens is 308 g/mol. The first-order valence-electron chi connectivity index (χ1n) is 6.48. The molecule has 2 N–H and O–H groups in total. The van der Waals surface area contributed by atoms with Gasteiger partial charge in [0.2, 0.25) is 11.8 Å². The molecule has 1 aromatic carbocycles. The van der Waals surface area contributed by atoms with E-state index in [1.807, 2.05) is 17.5 Å². The van der Waals surface area contributed by atoms with Crippen molar-refractivity contribution in [3.8, 4) is 0 Å². The molecule has 0 fully saturated rings. The van der Waals surface area contributed by atoms with E-state index in [4.69, 9.17) is 11.6 Å². The van der Waals surface area contributed by atoms with Crippen LogP contribution in [-0.4, -0.2) is 11.8 Å². The van der Waals surface area contributed by atoms with Crippen molar-refractivity contribution in [2.24, 2.45) is 0 Å². The highest BCUT2D eigenvalue weighted by Gasteiger charge is 2.07. The van der Waals surface area contributed by atoms with Crippen molar-refractivity contribution in [1.82, 2.24) is 5.32 Å². The maximum absolute atomic E-state index is 11.7. The van der Waals surface area contributed by atoms with E-state index in [0.29, 0.717) is 17.3 Å². The molecule has 0 saturated carbocycles. The van der Waals surface area contributed by atoms with Gasteiger partial charge in [-0.1, -0.05) is 17.7 Å². The Morgan fingerprint density at radius 2 is 1.76 bits per heavy atom.